The van der Waals surface area contributed by atoms with Gasteiger partial charge in [0.1, 0.15) is 0 Å². The van der Waals surface area contributed by atoms with Crippen LogP contribution in [0.4, 0.5) is 0 Å². The van der Waals surface area contributed by atoms with Gasteiger partial charge < -0.3 is 0 Å². The minimum atomic E-state index is 0. The van der Waals surface area contributed by atoms with E-state index in [0.717, 1.165) is 0 Å². The first-order chi connectivity index (χ1) is 1.41. The number of hydrogen-bond donors (Lipinski definition) is 2. The molecule has 0 aromatic heterocycles. The summed E-state index contributed by atoms with van der Waals surface area (Å²) in [6.07, 6.45) is 0. The van der Waals surface area contributed by atoms with Gasteiger partial charge >= 0.3 is 0 Å². The first-order valence-electron chi connectivity index (χ1n) is 0.365. The maximum absolute atomic E-state index is 6.62. The molecular formula is H2InO3. The van der Waals surface area contributed by atoms with Crippen LogP contribution >= 0.6 is 0 Å². The first kappa shape index (κ1) is 8.83. The molecule has 4 heteroatoms. The molecule has 0 aliphatic carbocycles. The maximum Gasteiger partial charge on any atom is 0 e. The molecule has 0 bridgehead atoms. The van der Waals surface area contributed by atoms with Gasteiger partial charge in [-0.3, -0.25) is 0 Å². The van der Waals surface area contributed by atoms with Crippen LogP contribution in [0, 0.1) is 0 Å². The second kappa shape index (κ2) is 9.26. The van der Waals surface area contributed by atoms with Crippen LogP contribution in [0.1, 0.15) is 0 Å². The van der Waals surface area contributed by atoms with Crippen molar-refractivity contribution in [2.75, 3.05) is 0 Å². The van der Waals surface area contributed by atoms with Gasteiger partial charge in [-0.25, -0.2) is 10.5 Å². The molecule has 0 amide bonds. The van der Waals surface area contributed by atoms with Gasteiger partial charge in [0.2, 0.25) is 0 Å². The Hall–Kier alpha value is 0.750. The van der Waals surface area contributed by atoms with E-state index in [2.05, 4.69) is 5.04 Å². The molecule has 23 valence electrons. The average molecular weight is 165 g/mol. The minimum Gasteiger partial charge on any atom is -0.221 e. The van der Waals surface area contributed by atoms with Gasteiger partial charge in [-0.1, -0.05) is 5.04 Å². The van der Waals surface area contributed by atoms with Gasteiger partial charge in [0.25, 0.3) is 0 Å². The van der Waals surface area contributed by atoms with E-state index in [0.29, 0.717) is 0 Å². The predicted octanol–water partition coefficient (Wildman–Crippen LogP) is -0.432. The molecule has 3 radical (unpaired) electrons. The maximum atomic E-state index is 6.62. The Kier molecular flexibility index (Phi) is 20.4. The number of rotatable bonds is 0. The van der Waals surface area contributed by atoms with E-state index < -0.39 is 0 Å². The van der Waals surface area contributed by atoms with Crippen molar-refractivity contribution in [3.8, 4) is 0 Å². The van der Waals surface area contributed by atoms with Crippen molar-refractivity contribution in [3.05, 3.63) is 0 Å². The van der Waals surface area contributed by atoms with Crippen LogP contribution < -0.4 is 0 Å². The van der Waals surface area contributed by atoms with Gasteiger partial charge in [-0.05, 0) is 0 Å². The van der Waals surface area contributed by atoms with Crippen molar-refractivity contribution in [2.45, 2.75) is 0 Å². The van der Waals surface area contributed by atoms with Crippen molar-refractivity contribution in [1.82, 2.24) is 0 Å². The third-order valence-corrected chi connectivity index (χ3v) is 0. The van der Waals surface area contributed by atoms with Crippen LogP contribution in [-0.2, 0) is 5.04 Å². The van der Waals surface area contributed by atoms with Gasteiger partial charge in [0.05, 0.1) is 0 Å². The van der Waals surface area contributed by atoms with E-state index in [4.69, 9.17) is 10.5 Å². The molecule has 4 heavy (non-hydrogen) atoms. The fourth-order valence-corrected chi connectivity index (χ4v) is 0. The van der Waals surface area contributed by atoms with Crippen LogP contribution in [0.3, 0.4) is 0 Å². The number of hydrogen-bond acceptors (Lipinski definition) is 3. The zero-order chi connectivity index (χ0) is 2.71. The fraction of sp³-hybridized carbons (Fsp3) is 0. The molecule has 0 saturated heterocycles. The molecule has 0 aromatic rings. The van der Waals surface area contributed by atoms with Crippen molar-refractivity contribution >= 4 is 25.8 Å². The van der Waals surface area contributed by atoms with Crippen molar-refractivity contribution in [3.63, 3.8) is 0 Å². The average Bonchev–Trinajstić information content (AvgIpc) is 0.918. The van der Waals surface area contributed by atoms with E-state index in [9.17, 15) is 0 Å². The second-order valence-electron chi connectivity index (χ2n) is 0.0816. The Balaban J connectivity index is 0. The monoisotopic (exact) mass is 165 g/mol. The van der Waals surface area contributed by atoms with E-state index >= 15 is 0 Å². The van der Waals surface area contributed by atoms with E-state index in [1.165, 1.54) is 0 Å². The predicted molar refractivity (Wildman–Crippen MR) is 12.1 cm³/mol. The summed E-state index contributed by atoms with van der Waals surface area (Å²) < 4.78 is 0. The summed E-state index contributed by atoms with van der Waals surface area (Å²) in [6, 6.07) is 0. The van der Waals surface area contributed by atoms with E-state index in [1.807, 2.05) is 0 Å². The van der Waals surface area contributed by atoms with Crippen molar-refractivity contribution in [1.29, 1.82) is 0 Å². The zero-order valence-electron chi connectivity index (χ0n) is 1.88. The summed E-state index contributed by atoms with van der Waals surface area (Å²) in [5, 5.41) is 15.5. The Morgan fingerprint density at radius 1 is 1.25 bits per heavy atom. The normalized spacial score (nSPS) is 4.50. The smallest absolute Gasteiger partial charge is 0 e. The molecule has 0 atom stereocenters. The van der Waals surface area contributed by atoms with Crippen LogP contribution in [0.5, 0.6) is 0 Å². The van der Waals surface area contributed by atoms with Gasteiger partial charge in [0, 0.05) is 25.8 Å². The van der Waals surface area contributed by atoms with Crippen LogP contribution in [0.25, 0.3) is 0 Å². The molecule has 0 spiro atoms. The van der Waals surface area contributed by atoms with Crippen molar-refractivity contribution < 1.29 is 15.6 Å². The summed E-state index contributed by atoms with van der Waals surface area (Å²) in [7, 11) is 0. The summed E-state index contributed by atoms with van der Waals surface area (Å²) in [6.45, 7) is 0. The van der Waals surface area contributed by atoms with Gasteiger partial charge in [-0.15, -0.1) is 0 Å². The summed E-state index contributed by atoms with van der Waals surface area (Å²) in [4.78, 5) is 0. The topological polar surface area (TPSA) is 49.7 Å². The first-order valence-corrected chi connectivity index (χ1v) is 0.365. The van der Waals surface area contributed by atoms with Crippen LogP contribution in [0.15, 0.2) is 0 Å². The fourth-order valence-electron chi connectivity index (χ4n) is 0. The molecular weight excluding hydrogens is 163 g/mol. The minimum absolute atomic E-state index is 0. The molecule has 3 nitrogen and oxygen atoms in total. The Bertz CT molecular complexity index is 3.25. The molecule has 0 rings (SSSR count). The zero-order valence-corrected chi connectivity index (χ0v) is 5.18. The SMILES string of the molecule is OOO.[In]. The summed E-state index contributed by atoms with van der Waals surface area (Å²) >= 11 is 0. The molecule has 0 aromatic carbocycles. The van der Waals surface area contributed by atoms with Gasteiger partial charge in [0.15, 0.2) is 0 Å². The molecule has 0 aliphatic heterocycles. The Morgan fingerprint density at radius 3 is 1.25 bits per heavy atom. The van der Waals surface area contributed by atoms with E-state index in [-0.39, 0.29) is 25.8 Å². The standard InChI is InChI=1S/In.H2O3/c;1-3-2/h;1-2H. The molecule has 0 unspecified atom stereocenters. The van der Waals surface area contributed by atoms with E-state index in [1.54, 1.807) is 0 Å². The molecule has 2 N–H and O–H groups in total. The van der Waals surface area contributed by atoms with Crippen molar-refractivity contribution in [2.24, 2.45) is 0 Å². The second-order valence-corrected chi connectivity index (χ2v) is 0.0816. The molecule has 0 aliphatic rings. The molecule has 0 fully saturated rings. The third kappa shape index (κ3) is 15.0. The summed E-state index contributed by atoms with van der Waals surface area (Å²) in [5.41, 5.74) is 0. The quantitative estimate of drug-likeness (QED) is 0.378. The summed E-state index contributed by atoms with van der Waals surface area (Å²) in [5.74, 6) is 0. The Morgan fingerprint density at radius 2 is 1.25 bits per heavy atom. The van der Waals surface area contributed by atoms with Crippen LogP contribution in [-0.4, -0.2) is 36.4 Å². The third-order valence-electron chi connectivity index (χ3n) is 0. The molecule has 0 saturated carbocycles. The molecule has 0 heterocycles. The Labute approximate surface area is 41.8 Å². The van der Waals surface area contributed by atoms with Crippen LogP contribution in [0.2, 0.25) is 0 Å². The largest absolute Gasteiger partial charge is 0.221 e. The van der Waals surface area contributed by atoms with Gasteiger partial charge in [-0.2, -0.15) is 0 Å².